The average molecular weight is 739 g/mol. The monoisotopic (exact) mass is 738 g/mol. The van der Waals surface area contributed by atoms with Crippen LogP contribution in [-0.2, 0) is 5.41 Å². The molecular weight excluding hydrogens is 693 g/mol. The van der Waals surface area contributed by atoms with Gasteiger partial charge in [0.1, 0.15) is 0 Å². The fourth-order valence-electron chi connectivity index (χ4n) is 9.22. The predicted molar refractivity (Wildman–Crippen MR) is 244 cm³/mol. The highest BCUT2D eigenvalue weighted by atomic mass is 28.3. The zero-order valence-corrected chi connectivity index (χ0v) is 34.1. The van der Waals surface area contributed by atoms with Gasteiger partial charge < -0.3 is 9.47 Å². The lowest BCUT2D eigenvalue weighted by Gasteiger charge is -2.30. The van der Waals surface area contributed by atoms with Crippen molar-refractivity contribution < 1.29 is 0 Å². The molecule has 0 fully saturated rings. The predicted octanol–water partition coefficient (Wildman–Crippen LogP) is 14.2. The van der Waals surface area contributed by atoms with Gasteiger partial charge in [-0.05, 0) is 112 Å². The molecule has 0 N–H and O–H groups in total. The molecule has 10 rings (SSSR count). The van der Waals surface area contributed by atoms with E-state index in [1.165, 1.54) is 93.8 Å². The summed E-state index contributed by atoms with van der Waals surface area (Å²) in [5, 5.41) is 6.58. The number of anilines is 3. The second kappa shape index (κ2) is 12.7. The molecule has 1 aliphatic carbocycles. The maximum Gasteiger partial charge on any atom is 0.0775 e. The van der Waals surface area contributed by atoms with Gasteiger partial charge in [-0.25, -0.2) is 0 Å². The normalized spacial score (nSPS) is 13.3. The molecule has 3 heteroatoms. The van der Waals surface area contributed by atoms with E-state index in [1.807, 2.05) is 0 Å². The van der Waals surface area contributed by atoms with E-state index in [-0.39, 0.29) is 5.41 Å². The molecule has 1 aromatic heterocycles. The van der Waals surface area contributed by atoms with Crippen molar-refractivity contribution in [2.24, 2.45) is 0 Å². The largest absolute Gasteiger partial charge is 0.310 e. The second-order valence-electron chi connectivity index (χ2n) is 17.1. The molecule has 0 aliphatic heterocycles. The molecule has 0 saturated heterocycles. The van der Waals surface area contributed by atoms with Crippen LogP contribution in [0.25, 0.3) is 60.5 Å². The number of benzene rings is 8. The second-order valence-corrected chi connectivity index (χ2v) is 22.2. The van der Waals surface area contributed by atoms with E-state index in [2.05, 4.69) is 220 Å². The zero-order chi connectivity index (χ0) is 38.3. The molecule has 2 nitrogen and oxygen atoms in total. The van der Waals surface area contributed by atoms with Crippen LogP contribution in [0.2, 0.25) is 19.6 Å². The van der Waals surface area contributed by atoms with E-state index in [0.29, 0.717) is 0 Å². The first-order valence-electron chi connectivity index (χ1n) is 19.9. The summed E-state index contributed by atoms with van der Waals surface area (Å²) in [5.41, 5.74) is 16.1. The summed E-state index contributed by atoms with van der Waals surface area (Å²) < 4.78 is 2.48. The number of para-hydroxylation sites is 1. The smallest absolute Gasteiger partial charge is 0.0775 e. The van der Waals surface area contributed by atoms with Crippen molar-refractivity contribution in [3.05, 3.63) is 187 Å². The van der Waals surface area contributed by atoms with Crippen molar-refractivity contribution in [3.8, 4) is 27.9 Å². The van der Waals surface area contributed by atoms with Gasteiger partial charge in [-0.3, -0.25) is 0 Å². The lowest BCUT2D eigenvalue weighted by molar-refractivity contribution is 0.660. The fraction of sp³-hybridized carbons (Fsp3) is 0.132. The van der Waals surface area contributed by atoms with Gasteiger partial charge in [0.05, 0.1) is 24.8 Å². The first-order chi connectivity index (χ1) is 27.1. The van der Waals surface area contributed by atoms with Gasteiger partial charge >= 0.3 is 0 Å². The molecule has 56 heavy (non-hydrogen) atoms. The van der Waals surface area contributed by atoms with Crippen LogP contribution >= 0.6 is 0 Å². The third-order valence-electron chi connectivity index (χ3n) is 12.2. The lowest BCUT2D eigenvalue weighted by atomic mass is 9.81. The minimum atomic E-state index is -1.46. The van der Waals surface area contributed by atoms with E-state index in [0.717, 1.165) is 5.69 Å². The van der Waals surface area contributed by atoms with Crippen LogP contribution in [0.4, 0.5) is 17.1 Å². The van der Waals surface area contributed by atoms with Crippen molar-refractivity contribution >= 4 is 62.9 Å². The number of fused-ring (bicyclic) bond motifs is 8. The van der Waals surface area contributed by atoms with Crippen LogP contribution in [0.5, 0.6) is 0 Å². The van der Waals surface area contributed by atoms with E-state index < -0.39 is 8.07 Å². The molecule has 0 spiro atoms. The van der Waals surface area contributed by atoms with Gasteiger partial charge in [-0.15, -0.1) is 0 Å². The highest BCUT2D eigenvalue weighted by Gasteiger charge is 2.38. The average Bonchev–Trinajstić information content (AvgIpc) is 3.65. The minimum absolute atomic E-state index is 0.237. The lowest BCUT2D eigenvalue weighted by Crippen LogP contribution is -2.37. The van der Waals surface area contributed by atoms with Crippen LogP contribution in [0.1, 0.15) is 30.5 Å². The van der Waals surface area contributed by atoms with E-state index in [1.54, 1.807) is 0 Å². The van der Waals surface area contributed by atoms with Gasteiger partial charge in [-0.1, -0.05) is 147 Å². The number of aryl methyl sites for hydroxylation is 1. The Morgan fingerprint density at radius 1 is 0.500 bits per heavy atom. The summed E-state index contributed by atoms with van der Waals surface area (Å²) in [5.74, 6) is 0. The highest BCUT2D eigenvalue weighted by molar-refractivity contribution is 6.88. The third-order valence-corrected chi connectivity index (χ3v) is 14.2. The maximum absolute atomic E-state index is 2.49. The number of aromatic nitrogens is 1. The van der Waals surface area contributed by atoms with Gasteiger partial charge in [0, 0.05) is 38.6 Å². The van der Waals surface area contributed by atoms with Gasteiger partial charge in [-0.2, -0.15) is 0 Å². The van der Waals surface area contributed by atoms with Crippen LogP contribution < -0.4 is 10.1 Å². The summed E-state index contributed by atoms with van der Waals surface area (Å²) in [6, 6.07) is 63.5. The number of hydrogen-bond acceptors (Lipinski definition) is 1. The van der Waals surface area contributed by atoms with Gasteiger partial charge in [0.2, 0.25) is 0 Å². The Kier molecular flexibility index (Phi) is 7.78. The SMILES string of the molecule is Cc1ccc2c(c1)c1cc(-c3ccccc3)ccc1n2-c1ccc2c(c1)C(C)(C)c1cc(N(c3ccccc3)c3ccc([Si](C)(C)C)cc3)c3ccccc3c1-2. The van der Waals surface area contributed by atoms with Crippen molar-refractivity contribution in [3.63, 3.8) is 0 Å². The fourth-order valence-corrected chi connectivity index (χ4v) is 10.4. The molecule has 0 amide bonds. The maximum atomic E-state index is 2.49. The zero-order valence-electron chi connectivity index (χ0n) is 33.1. The summed E-state index contributed by atoms with van der Waals surface area (Å²) in [6.07, 6.45) is 0. The van der Waals surface area contributed by atoms with Crippen molar-refractivity contribution in [2.75, 3.05) is 4.90 Å². The van der Waals surface area contributed by atoms with Crippen LogP contribution in [-0.4, -0.2) is 12.6 Å². The Bertz CT molecular complexity index is 2970. The Morgan fingerprint density at radius 3 is 1.84 bits per heavy atom. The molecule has 1 aliphatic rings. The molecular formula is C53H46N2Si. The first-order valence-corrected chi connectivity index (χ1v) is 23.4. The summed E-state index contributed by atoms with van der Waals surface area (Å²) >= 11 is 0. The molecule has 272 valence electrons. The highest BCUT2D eigenvalue weighted by Crippen LogP contribution is 2.55. The summed E-state index contributed by atoms with van der Waals surface area (Å²) in [7, 11) is -1.46. The van der Waals surface area contributed by atoms with Gasteiger partial charge in [0.15, 0.2) is 0 Å². The van der Waals surface area contributed by atoms with E-state index in [4.69, 9.17) is 0 Å². The molecule has 1 heterocycles. The Balaban J connectivity index is 1.16. The number of rotatable bonds is 6. The Labute approximate surface area is 331 Å². The molecule has 0 bridgehead atoms. The molecule has 0 saturated carbocycles. The number of hydrogen-bond donors (Lipinski definition) is 0. The van der Waals surface area contributed by atoms with Crippen molar-refractivity contribution in [1.29, 1.82) is 0 Å². The summed E-state index contributed by atoms with van der Waals surface area (Å²) in [6.45, 7) is 14.3. The van der Waals surface area contributed by atoms with E-state index in [9.17, 15) is 0 Å². The topological polar surface area (TPSA) is 8.17 Å². The Hall–Kier alpha value is -6.16. The third kappa shape index (κ3) is 5.37. The minimum Gasteiger partial charge on any atom is -0.310 e. The summed E-state index contributed by atoms with van der Waals surface area (Å²) in [4.78, 5) is 2.46. The van der Waals surface area contributed by atoms with Crippen molar-refractivity contribution in [2.45, 2.75) is 45.8 Å². The van der Waals surface area contributed by atoms with Crippen LogP contribution in [0, 0.1) is 6.92 Å². The molecule has 0 unspecified atom stereocenters. The van der Waals surface area contributed by atoms with Gasteiger partial charge in [0.25, 0.3) is 0 Å². The van der Waals surface area contributed by atoms with Crippen LogP contribution in [0.15, 0.2) is 170 Å². The number of nitrogens with zero attached hydrogens (tertiary/aromatic N) is 2. The first kappa shape index (κ1) is 34.3. The molecule has 9 aromatic rings. The molecule has 0 atom stereocenters. The quantitative estimate of drug-likeness (QED) is 0.154. The molecule has 8 aromatic carbocycles. The van der Waals surface area contributed by atoms with Crippen LogP contribution in [0.3, 0.4) is 0 Å². The Morgan fingerprint density at radius 2 is 1.12 bits per heavy atom. The molecule has 0 radical (unpaired) electrons. The van der Waals surface area contributed by atoms with Crippen molar-refractivity contribution in [1.82, 2.24) is 4.57 Å². The standard InChI is InChI=1S/C53H46N2Si/c1-35-21-29-49-45(31-35)46-32-37(36-15-9-7-10-16-36)22-30-50(46)55(49)40-25-28-44-47(33-40)53(2,3)48-34-51(42-19-13-14-20-43(42)52(44)48)54(38-17-11-8-12-18-38)39-23-26-41(27-24-39)56(4,5)6/h7-34H,1-6H3. The van der Waals surface area contributed by atoms with E-state index >= 15 is 0 Å².